The molecule has 1 unspecified atom stereocenters. The molecule has 0 fully saturated rings. The summed E-state index contributed by atoms with van der Waals surface area (Å²) in [5, 5.41) is 11.8. The van der Waals surface area contributed by atoms with Crippen molar-refractivity contribution in [2.75, 3.05) is 0 Å². The maximum absolute atomic E-state index is 10.4. The van der Waals surface area contributed by atoms with Crippen molar-refractivity contribution in [2.45, 2.75) is 13.0 Å². The van der Waals surface area contributed by atoms with Crippen molar-refractivity contribution in [2.24, 2.45) is 0 Å². The fourth-order valence-corrected chi connectivity index (χ4v) is 2.27. The van der Waals surface area contributed by atoms with Crippen molar-refractivity contribution < 1.29 is 5.11 Å². The smallest absolute Gasteiger partial charge is 0.129 e. The van der Waals surface area contributed by atoms with E-state index in [0.29, 0.717) is 10.7 Å². The first-order valence-electron chi connectivity index (χ1n) is 6.30. The van der Waals surface area contributed by atoms with Crippen molar-refractivity contribution in [3.05, 3.63) is 70.6 Å². The van der Waals surface area contributed by atoms with Gasteiger partial charge in [0.1, 0.15) is 11.3 Å². The average Bonchev–Trinajstić information content (AvgIpc) is 2.47. The molecule has 0 amide bonds. The summed E-state index contributed by atoms with van der Waals surface area (Å²) < 4.78 is 0. The van der Waals surface area contributed by atoms with E-state index >= 15 is 0 Å². The predicted octanol–water partition coefficient (Wildman–Crippen LogP) is 3.67. The van der Waals surface area contributed by atoms with Crippen molar-refractivity contribution in [3.8, 4) is 0 Å². The summed E-state index contributed by atoms with van der Waals surface area (Å²) in [7, 11) is 0. The van der Waals surface area contributed by atoms with E-state index in [1.54, 1.807) is 18.3 Å². The van der Waals surface area contributed by atoms with Crippen LogP contribution in [0, 0.1) is 6.92 Å². The van der Waals surface area contributed by atoms with Crippen LogP contribution >= 0.6 is 11.6 Å². The Balaban J connectivity index is 2.01. The van der Waals surface area contributed by atoms with Gasteiger partial charge in [-0.3, -0.25) is 4.98 Å². The number of aryl methyl sites for hydroxylation is 1. The van der Waals surface area contributed by atoms with E-state index in [9.17, 15) is 5.11 Å². The zero-order chi connectivity index (χ0) is 14.1. The number of halogens is 1. The van der Waals surface area contributed by atoms with Crippen molar-refractivity contribution in [3.63, 3.8) is 0 Å². The normalized spacial score (nSPS) is 12.6. The second-order valence-corrected chi connectivity index (χ2v) is 5.11. The molecule has 0 aliphatic heterocycles. The van der Waals surface area contributed by atoms with E-state index in [0.717, 1.165) is 22.2 Å². The number of aromatic nitrogens is 2. The second-order valence-electron chi connectivity index (χ2n) is 4.72. The molecule has 2 heterocycles. The zero-order valence-corrected chi connectivity index (χ0v) is 11.7. The maximum Gasteiger partial charge on any atom is 0.129 e. The summed E-state index contributed by atoms with van der Waals surface area (Å²) >= 11 is 5.75. The third-order valence-electron chi connectivity index (χ3n) is 3.23. The average molecular weight is 285 g/mol. The highest BCUT2D eigenvalue weighted by atomic mass is 35.5. The first-order valence-corrected chi connectivity index (χ1v) is 6.68. The van der Waals surface area contributed by atoms with Crippen molar-refractivity contribution in [1.29, 1.82) is 0 Å². The minimum absolute atomic E-state index is 0.416. The van der Waals surface area contributed by atoms with Crippen LogP contribution in [0.1, 0.15) is 22.9 Å². The Bertz CT molecular complexity index is 756. The molecule has 0 aliphatic carbocycles. The summed E-state index contributed by atoms with van der Waals surface area (Å²) in [5.74, 6) is 0. The van der Waals surface area contributed by atoms with Crippen LogP contribution < -0.4 is 0 Å². The number of aliphatic hydroxyl groups excluding tert-OH is 1. The molecule has 0 saturated carbocycles. The molecule has 20 heavy (non-hydrogen) atoms. The highest BCUT2D eigenvalue weighted by Gasteiger charge is 2.11. The van der Waals surface area contributed by atoms with Gasteiger partial charge in [0.15, 0.2) is 0 Å². The molecule has 0 bridgehead atoms. The lowest BCUT2D eigenvalue weighted by molar-refractivity contribution is 0.220. The summed E-state index contributed by atoms with van der Waals surface area (Å²) in [5.41, 5.74) is 3.43. The number of aliphatic hydroxyl groups is 1. The molecule has 3 nitrogen and oxygen atoms in total. The summed E-state index contributed by atoms with van der Waals surface area (Å²) in [6.07, 6.45) is 0.871. The molecule has 1 aromatic carbocycles. The molecule has 3 rings (SSSR count). The summed E-state index contributed by atoms with van der Waals surface area (Å²) in [4.78, 5) is 8.44. The minimum atomic E-state index is -0.717. The first-order chi connectivity index (χ1) is 9.63. The molecule has 0 aliphatic rings. The van der Waals surface area contributed by atoms with E-state index in [1.807, 2.05) is 37.3 Å². The number of fused-ring (bicyclic) bond motifs is 1. The Morgan fingerprint density at radius 2 is 1.85 bits per heavy atom. The van der Waals surface area contributed by atoms with E-state index in [2.05, 4.69) is 9.97 Å². The number of benzene rings is 1. The van der Waals surface area contributed by atoms with Crippen LogP contribution in [0.4, 0.5) is 0 Å². The van der Waals surface area contributed by atoms with Gasteiger partial charge in [-0.25, -0.2) is 4.98 Å². The topological polar surface area (TPSA) is 46.0 Å². The lowest BCUT2D eigenvalue weighted by Gasteiger charge is -2.12. The number of nitrogens with zero attached hydrogens (tertiary/aromatic N) is 2. The SMILES string of the molecule is Cc1ccc2cc(C(O)c3ccc(Cl)nc3)ccc2n1. The second kappa shape index (κ2) is 5.19. The highest BCUT2D eigenvalue weighted by Crippen LogP contribution is 2.25. The molecule has 2 aromatic heterocycles. The van der Waals surface area contributed by atoms with E-state index in [-0.39, 0.29) is 0 Å². The Morgan fingerprint density at radius 3 is 2.60 bits per heavy atom. The molecule has 100 valence electrons. The number of pyridine rings is 2. The van der Waals surface area contributed by atoms with Gasteiger partial charge in [-0.15, -0.1) is 0 Å². The van der Waals surface area contributed by atoms with Crippen LogP contribution in [-0.2, 0) is 0 Å². The third-order valence-corrected chi connectivity index (χ3v) is 3.46. The quantitative estimate of drug-likeness (QED) is 0.730. The zero-order valence-electron chi connectivity index (χ0n) is 10.9. The van der Waals surface area contributed by atoms with Crippen molar-refractivity contribution in [1.82, 2.24) is 9.97 Å². The van der Waals surface area contributed by atoms with E-state index < -0.39 is 6.10 Å². The molecule has 0 radical (unpaired) electrons. The van der Waals surface area contributed by atoms with Gasteiger partial charge in [-0.1, -0.05) is 29.8 Å². The monoisotopic (exact) mass is 284 g/mol. The fraction of sp³-hybridized carbons (Fsp3) is 0.125. The van der Waals surface area contributed by atoms with Crippen LogP contribution in [0.2, 0.25) is 5.15 Å². The molecule has 0 saturated heterocycles. The van der Waals surface area contributed by atoms with Crippen LogP contribution in [0.5, 0.6) is 0 Å². The van der Waals surface area contributed by atoms with Crippen LogP contribution in [0.3, 0.4) is 0 Å². The molecular weight excluding hydrogens is 272 g/mol. The maximum atomic E-state index is 10.4. The van der Waals surface area contributed by atoms with Crippen LogP contribution in [0.25, 0.3) is 10.9 Å². The molecule has 3 aromatic rings. The van der Waals surface area contributed by atoms with Gasteiger partial charge in [0.05, 0.1) is 5.52 Å². The Labute approximate surface area is 121 Å². The lowest BCUT2D eigenvalue weighted by Crippen LogP contribution is -2.00. The Kier molecular flexibility index (Phi) is 3.38. The molecule has 0 spiro atoms. The minimum Gasteiger partial charge on any atom is -0.384 e. The third kappa shape index (κ3) is 2.50. The lowest BCUT2D eigenvalue weighted by atomic mass is 10.0. The Hall–Kier alpha value is -1.97. The molecule has 1 N–H and O–H groups in total. The summed E-state index contributed by atoms with van der Waals surface area (Å²) in [6.45, 7) is 1.96. The van der Waals surface area contributed by atoms with Gasteiger partial charge in [0.2, 0.25) is 0 Å². The van der Waals surface area contributed by atoms with Crippen LogP contribution in [0.15, 0.2) is 48.7 Å². The number of hydrogen-bond acceptors (Lipinski definition) is 3. The van der Waals surface area contributed by atoms with Gasteiger partial charge in [-0.2, -0.15) is 0 Å². The Morgan fingerprint density at radius 1 is 1.05 bits per heavy atom. The first kappa shape index (κ1) is 13.0. The van der Waals surface area contributed by atoms with Gasteiger partial charge < -0.3 is 5.11 Å². The van der Waals surface area contributed by atoms with Gasteiger partial charge >= 0.3 is 0 Å². The fourth-order valence-electron chi connectivity index (χ4n) is 2.16. The number of hydrogen-bond donors (Lipinski definition) is 1. The van der Waals surface area contributed by atoms with Crippen LogP contribution in [-0.4, -0.2) is 15.1 Å². The van der Waals surface area contributed by atoms with Crippen molar-refractivity contribution >= 4 is 22.5 Å². The van der Waals surface area contributed by atoms with E-state index in [1.165, 1.54) is 0 Å². The molecule has 1 atom stereocenters. The largest absolute Gasteiger partial charge is 0.384 e. The van der Waals surface area contributed by atoms with Gasteiger partial charge in [-0.05, 0) is 36.8 Å². The molecular formula is C16H13ClN2O. The number of rotatable bonds is 2. The summed E-state index contributed by atoms with van der Waals surface area (Å²) in [6, 6.07) is 13.2. The van der Waals surface area contributed by atoms with Gasteiger partial charge in [0.25, 0.3) is 0 Å². The standard InChI is InChI=1S/C16H13ClN2O/c1-10-2-3-11-8-12(4-6-14(11)19-10)16(20)13-5-7-15(17)18-9-13/h2-9,16,20H,1H3. The predicted molar refractivity (Wildman–Crippen MR) is 79.8 cm³/mol. The molecule has 4 heteroatoms. The highest BCUT2D eigenvalue weighted by molar-refractivity contribution is 6.29. The van der Waals surface area contributed by atoms with Gasteiger partial charge in [0, 0.05) is 22.8 Å². The van der Waals surface area contributed by atoms with E-state index in [4.69, 9.17) is 11.6 Å².